The first-order valence-electron chi connectivity index (χ1n) is 10.1. The molecule has 5 nitrogen and oxygen atoms in total. The lowest BCUT2D eigenvalue weighted by Crippen LogP contribution is -2.24. The van der Waals surface area contributed by atoms with Crippen molar-refractivity contribution in [2.24, 2.45) is 5.10 Å². The van der Waals surface area contributed by atoms with Gasteiger partial charge in [-0.2, -0.15) is 5.10 Å². The Labute approximate surface area is 178 Å². The molecule has 0 fully saturated rings. The van der Waals surface area contributed by atoms with Crippen LogP contribution in [-0.4, -0.2) is 16.8 Å². The van der Waals surface area contributed by atoms with Gasteiger partial charge in [-0.25, -0.2) is 10.2 Å². The van der Waals surface area contributed by atoms with Crippen LogP contribution in [0.15, 0.2) is 59.7 Å². The van der Waals surface area contributed by atoms with Gasteiger partial charge in [0.25, 0.3) is 0 Å². The third kappa shape index (κ3) is 4.98. The van der Waals surface area contributed by atoms with Gasteiger partial charge in [-0.3, -0.25) is 0 Å². The second-order valence-corrected chi connectivity index (χ2v) is 8.65. The maximum Gasteiger partial charge on any atom is 0.339 e. The van der Waals surface area contributed by atoms with Crippen LogP contribution in [-0.2, 0) is 5.41 Å². The Balaban J connectivity index is 1.70. The topological polar surface area (TPSA) is 58.4 Å². The molecule has 0 aliphatic carbocycles. The average molecular weight is 403 g/mol. The molecule has 0 bridgehead atoms. The van der Waals surface area contributed by atoms with Crippen molar-refractivity contribution in [3.05, 3.63) is 82.7 Å². The maximum atomic E-state index is 12.0. The van der Waals surface area contributed by atoms with Crippen LogP contribution in [0.1, 0.15) is 48.8 Å². The van der Waals surface area contributed by atoms with Crippen molar-refractivity contribution in [1.82, 2.24) is 9.99 Å². The Morgan fingerprint density at radius 1 is 0.967 bits per heavy atom. The number of benzene rings is 2. The van der Waals surface area contributed by atoms with Crippen LogP contribution in [0.3, 0.4) is 0 Å². The molecule has 0 aliphatic heterocycles. The van der Waals surface area contributed by atoms with Gasteiger partial charge in [-0.05, 0) is 62.1 Å². The van der Waals surface area contributed by atoms with E-state index in [1.54, 1.807) is 6.21 Å². The summed E-state index contributed by atoms with van der Waals surface area (Å²) in [7, 11) is 0. The van der Waals surface area contributed by atoms with Gasteiger partial charge in [0, 0.05) is 28.3 Å². The molecule has 2 amide bonds. The molecule has 0 aliphatic rings. The first-order valence-corrected chi connectivity index (χ1v) is 10.1. The zero-order chi connectivity index (χ0) is 21.9. The molecule has 3 aromatic rings. The van der Waals surface area contributed by atoms with E-state index in [2.05, 4.69) is 85.4 Å². The minimum absolute atomic E-state index is 0.127. The lowest BCUT2D eigenvalue weighted by molar-refractivity contribution is 0.252. The molecule has 0 saturated heterocycles. The molecule has 0 unspecified atom stereocenters. The predicted molar refractivity (Wildman–Crippen MR) is 125 cm³/mol. The summed E-state index contributed by atoms with van der Waals surface area (Å²) in [6.07, 6.45) is 1.68. The van der Waals surface area contributed by atoms with Crippen molar-refractivity contribution in [2.45, 2.75) is 47.0 Å². The first kappa shape index (κ1) is 21.4. The number of aromatic nitrogens is 1. The summed E-state index contributed by atoms with van der Waals surface area (Å²) in [6, 6.07) is 18.0. The van der Waals surface area contributed by atoms with E-state index >= 15 is 0 Å². The Morgan fingerprint density at radius 3 is 2.20 bits per heavy atom. The van der Waals surface area contributed by atoms with Gasteiger partial charge in [-0.15, -0.1) is 0 Å². The van der Waals surface area contributed by atoms with Crippen LogP contribution in [0.5, 0.6) is 0 Å². The van der Waals surface area contributed by atoms with Crippen molar-refractivity contribution in [1.29, 1.82) is 0 Å². The molecule has 0 atom stereocenters. The van der Waals surface area contributed by atoms with Crippen molar-refractivity contribution in [3.63, 3.8) is 0 Å². The minimum atomic E-state index is -0.373. The molecule has 1 aromatic heterocycles. The van der Waals surface area contributed by atoms with Gasteiger partial charge >= 0.3 is 6.03 Å². The zero-order valence-corrected chi connectivity index (χ0v) is 18.6. The summed E-state index contributed by atoms with van der Waals surface area (Å²) in [5, 5.41) is 6.87. The summed E-state index contributed by atoms with van der Waals surface area (Å²) in [4.78, 5) is 12.0. The summed E-state index contributed by atoms with van der Waals surface area (Å²) >= 11 is 0. The first-order chi connectivity index (χ1) is 14.1. The molecule has 2 aromatic carbocycles. The molecule has 1 heterocycles. The molecule has 5 heteroatoms. The number of nitrogens with zero attached hydrogens (tertiary/aromatic N) is 2. The number of amides is 2. The van der Waals surface area contributed by atoms with E-state index in [-0.39, 0.29) is 11.4 Å². The van der Waals surface area contributed by atoms with Gasteiger partial charge < -0.3 is 9.88 Å². The number of hydrogen-bond acceptors (Lipinski definition) is 2. The molecule has 2 N–H and O–H groups in total. The van der Waals surface area contributed by atoms with Crippen molar-refractivity contribution in [3.8, 4) is 5.69 Å². The number of carbonyl (C=O) groups is 1. The van der Waals surface area contributed by atoms with E-state index in [1.165, 1.54) is 5.56 Å². The minimum Gasteiger partial charge on any atom is -0.318 e. The van der Waals surface area contributed by atoms with Gasteiger partial charge in [-0.1, -0.05) is 50.6 Å². The third-order valence-corrected chi connectivity index (χ3v) is 5.14. The average Bonchev–Trinajstić information content (AvgIpc) is 2.96. The number of anilines is 1. The molecule has 3 rings (SSSR count). The fraction of sp³-hybridized carbons (Fsp3) is 0.280. The summed E-state index contributed by atoms with van der Waals surface area (Å²) in [5.74, 6) is 0. The molecule has 0 radical (unpaired) electrons. The fourth-order valence-electron chi connectivity index (χ4n) is 3.38. The normalized spacial score (nSPS) is 11.7. The largest absolute Gasteiger partial charge is 0.339 e. The molecule has 156 valence electrons. The lowest BCUT2D eigenvalue weighted by atomic mass is 9.87. The smallest absolute Gasteiger partial charge is 0.318 e. The summed E-state index contributed by atoms with van der Waals surface area (Å²) < 4.78 is 2.19. The second-order valence-electron chi connectivity index (χ2n) is 8.65. The van der Waals surface area contributed by atoms with Gasteiger partial charge in [0.05, 0.1) is 6.21 Å². The highest BCUT2D eigenvalue weighted by Gasteiger charge is 2.14. The monoisotopic (exact) mass is 402 g/mol. The van der Waals surface area contributed by atoms with E-state index in [1.807, 2.05) is 31.2 Å². The fourth-order valence-corrected chi connectivity index (χ4v) is 3.38. The molecular weight excluding hydrogens is 372 g/mol. The second kappa shape index (κ2) is 8.57. The SMILES string of the molecule is Cc1ccc(NC(=O)N/N=C/c2cc(C)n(-c3ccc(C(C)(C)C)cc3)c2C)cc1. The maximum absolute atomic E-state index is 12.0. The number of hydrogen-bond donors (Lipinski definition) is 2. The highest BCUT2D eigenvalue weighted by Crippen LogP contribution is 2.25. The Morgan fingerprint density at radius 2 is 1.60 bits per heavy atom. The number of aryl methyl sites for hydroxylation is 2. The predicted octanol–water partition coefficient (Wildman–Crippen LogP) is 5.86. The highest BCUT2D eigenvalue weighted by molar-refractivity contribution is 5.90. The Hall–Kier alpha value is -3.34. The van der Waals surface area contributed by atoms with E-state index in [0.29, 0.717) is 0 Å². The van der Waals surface area contributed by atoms with Crippen LogP contribution in [0.25, 0.3) is 5.69 Å². The van der Waals surface area contributed by atoms with E-state index in [0.717, 1.165) is 33.9 Å². The summed E-state index contributed by atoms with van der Waals surface area (Å²) in [6.45, 7) is 12.8. The van der Waals surface area contributed by atoms with E-state index in [4.69, 9.17) is 0 Å². The summed E-state index contributed by atoms with van der Waals surface area (Å²) in [5.41, 5.74) is 10.1. The van der Waals surface area contributed by atoms with Crippen LogP contribution in [0.4, 0.5) is 10.5 Å². The van der Waals surface area contributed by atoms with Gasteiger partial charge in [0.2, 0.25) is 0 Å². The number of hydrazone groups is 1. The number of nitrogens with one attached hydrogen (secondary N) is 2. The standard InChI is InChI=1S/C25H30N4O/c1-17-7-11-22(12-8-17)27-24(30)28-26-16-20-15-18(2)29(19(20)3)23-13-9-21(10-14-23)25(4,5)6/h7-16H,1-6H3,(H2,27,28,30)/b26-16+. The Kier molecular flexibility index (Phi) is 6.11. The quantitative estimate of drug-likeness (QED) is 0.417. The van der Waals surface area contributed by atoms with Crippen LogP contribution in [0, 0.1) is 20.8 Å². The molecule has 0 spiro atoms. The van der Waals surface area contributed by atoms with E-state index < -0.39 is 0 Å². The van der Waals surface area contributed by atoms with Gasteiger partial charge in [0.1, 0.15) is 0 Å². The van der Waals surface area contributed by atoms with Crippen molar-refractivity contribution < 1.29 is 4.79 Å². The zero-order valence-electron chi connectivity index (χ0n) is 18.6. The van der Waals surface area contributed by atoms with Gasteiger partial charge in [0.15, 0.2) is 0 Å². The van der Waals surface area contributed by atoms with Crippen LogP contribution < -0.4 is 10.7 Å². The third-order valence-electron chi connectivity index (χ3n) is 5.14. The van der Waals surface area contributed by atoms with E-state index in [9.17, 15) is 4.79 Å². The molecular formula is C25H30N4O. The number of rotatable bonds is 4. The van der Waals surface area contributed by atoms with Crippen LogP contribution in [0.2, 0.25) is 0 Å². The van der Waals surface area contributed by atoms with Crippen molar-refractivity contribution in [2.75, 3.05) is 5.32 Å². The molecule has 0 saturated carbocycles. The Bertz CT molecular complexity index is 1050. The lowest BCUT2D eigenvalue weighted by Gasteiger charge is -2.20. The number of carbonyl (C=O) groups excluding carboxylic acids is 1. The van der Waals surface area contributed by atoms with Crippen molar-refractivity contribution >= 4 is 17.9 Å². The number of urea groups is 1. The molecule has 30 heavy (non-hydrogen) atoms. The highest BCUT2D eigenvalue weighted by atomic mass is 16.2. The van der Waals surface area contributed by atoms with Crippen LogP contribution >= 0.6 is 0 Å².